The third-order valence-corrected chi connectivity index (χ3v) is 3.09. The van der Waals surface area contributed by atoms with Gasteiger partial charge in [0.05, 0.1) is 0 Å². The Hall–Kier alpha value is -1.61. The molecule has 3 heteroatoms. The fraction of sp³-hybridized carbons (Fsp3) is 0.333. The molecule has 1 aromatic heterocycles. The fourth-order valence-electron chi connectivity index (χ4n) is 2.06. The topological polar surface area (TPSA) is 17.0 Å². The molecule has 0 aliphatic heterocycles. The van der Waals surface area contributed by atoms with Gasteiger partial charge < -0.3 is 9.88 Å². The molecular formula is C15H19FN2. The van der Waals surface area contributed by atoms with Gasteiger partial charge in [0, 0.05) is 30.5 Å². The Morgan fingerprint density at radius 3 is 2.78 bits per heavy atom. The molecule has 2 nitrogen and oxygen atoms in total. The molecule has 1 heterocycles. The Kier molecular flexibility index (Phi) is 4.15. The van der Waals surface area contributed by atoms with Crippen LogP contribution < -0.4 is 5.32 Å². The average molecular weight is 246 g/mol. The zero-order valence-electron chi connectivity index (χ0n) is 10.9. The molecule has 1 unspecified atom stereocenters. The highest BCUT2D eigenvalue weighted by Crippen LogP contribution is 2.15. The predicted octanol–water partition coefficient (Wildman–Crippen LogP) is 3.35. The van der Waals surface area contributed by atoms with Crippen LogP contribution in [0.3, 0.4) is 0 Å². The number of nitrogens with one attached hydrogen (secondary N) is 1. The average Bonchev–Trinajstić information content (AvgIpc) is 2.81. The minimum absolute atomic E-state index is 0.146. The van der Waals surface area contributed by atoms with Crippen LogP contribution in [-0.4, -0.2) is 11.1 Å². The Balaban J connectivity index is 2.09. The first-order valence-corrected chi connectivity index (χ1v) is 6.33. The molecule has 96 valence electrons. The van der Waals surface area contributed by atoms with Crippen molar-refractivity contribution < 1.29 is 4.39 Å². The molecule has 0 saturated heterocycles. The number of rotatable bonds is 5. The summed E-state index contributed by atoms with van der Waals surface area (Å²) in [7, 11) is 0. The molecule has 0 bridgehead atoms. The molecule has 1 aromatic carbocycles. The van der Waals surface area contributed by atoms with Gasteiger partial charge in [-0.3, -0.25) is 0 Å². The van der Waals surface area contributed by atoms with Gasteiger partial charge in [-0.15, -0.1) is 0 Å². The van der Waals surface area contributed by atoms with Crippen molar-refractivity contribution >= 4 is 0 Å². The Morgan fingerprint density at radius 2 is 2.06 bits per heavy atom. The Bertz CT molecular complexity index is 505. The molecule has 0 amide bonds. The maximum atomic E-state index is 13.5. The van der Waals surface area contributed by atoms with E-state index in [1.807, 2.05) is 22.9 Å². The van der Waals surface area contributed by atoms with Crippen LogP contribution >= 0.6 is 0 Å². The maximum absolute atomic E-state index is 13.5. The molecule has 0 fully saturated rings. The quantitative estimate of drug-likeness (QED) is 0.856. The molecule has 2 aromatic rings. The van der Waals surface area contributed by atoms with Gasteiger partial charge in [-0.25, -0.2) is 4.39 Å². The van der Waals surface area contributed by atoms with Crippen LogP contribution in [0.1, 0.15) is 31.0 Å². The largest absolute Gasteiger partial charge is 0.349 e. The van der Waals surface area contributed by atoms with Crippen molar-refractivity contribution in [1.29, 1.82) is 0 Å². The van der Waals surface area contributed by atoms with Crippen LogP contribution in [-0.2, 0) is 6.54 Å². The molecule has 0 aliphatic carbocycles. The molecule has 1 N–H and O–H groups in total. The number of hydrogen-bond donors (Lipinski definition) is 1. The van der Waals surface area contributed by atoms with Gasteiger partial charge in [0.1, 0.15) is 5.82 Å². The molecule has 0 saturated carbocycles. The lowest BCUT2D eigenvalue weighted by Crippen LogP contribution is -2.17. The monoisotopic (exact) mass is 246 g/mol. The molecule has 0 aliphatic rings. The van der Waals surface area contributed by atoms with Crippen molar-refractivity contribution in [3.63, 3.8) is 0 Å². The van der Waals surface area contributed by atoms with Crippen LogP contribution in [0.4, 0.5) is 4.39 Å². The van der Waals surface area contributed by atoms with E-state index in [0.29, 0.717) is 12.6 Å². The van der Waals surface area contributed by atoms with Crippen molar-refractivity contribution in [3.8, 4) is 0 Å². The zero-order valence-corrected chi connectivity index (χ0v) is 10.9. The Labute approximate surface area is 107 Å². The van der Waals surface area contributed by atoms with Crippen molar-refractivity contribution in [3.05, 3.63) is 59.7 Å². The van der Waals surface area contributed by atoms with Gasteiger partial charge in [0.15, 0.2) is 0 Å². The molecular weight excluding hydrogens is 227 g/mol. The van der Waals surface area contributed by atoms with Crippen molar-refractivity contribution in [2.75, 3.05) is 6.54 Å². The zero-order chi connectivity index (χ0) is 13.0. The predicted molar refractivity (Wildman–Crippen MR) is 72.0 cm³/mol. The van der Waals surface area contributed by atoms with E-state index in [0.717, 1.165) is 12.1 Å². The number of nitrogens with zero attached hydrogens (tertiary/aromatic N) is 1. The summed E-state index contributed by atoms with van der Waals surface area (Å²) in [6.07, 6.45) is 4.06. The highest BCUT2D eigenvalue weighted by Gasteiger charge is 2.06. The third-order valence-electron chi connectivity index (χ3n) is 3.09. The van der Waals surface area contributed by atoms with Crippen LogP contribution in [0.15, 0.2) is 42.7 Å². The second-order valence-electron chi connectivity index (χ2n) is 4.49. The van der Waals surface area contributed by atoms with Gasteiger partial charge in [0.2, 0.25) is 0 Å². The van der Waals surface area contributed by atoms with E-state index < -0.39 is 0 Å². The summed E-state index contributed by atoms with van der Waals surface area (Å²) in [5.41, 5.74) is 1.95. The molecule has 0 spiro atoms. The summed E-state index contributed by atoms with van der Waals surface area (Å²) in [6.45, 7) is 5.74. The summed E-state index contributed by atoms with van der Waals surface area (Å²) < 4.78 is 15.6. The summed E-state index contributed by atoms with van der Waals surface area (Å²) >= 11 is 0. The second-order valence-corrected chi connectivity index (χ2v) is 4.49. The first-order valence-electron chi connectivity index (χ1n) is 6.33. The second kappa shape index (κ2) is 5.83. The summed E-state index contributed by atoms with van der Waals surface area (Å²) in [5, 5.41) is 3.36. The van der Waals surface area contributed by atoms with E-state index in [-0.39, 0.29) is 5.82 Å². The third kappa shape index (κ3) is 2.99. The molecule has 18 heavy (non-hydrogen) atoms. The van der Waals surface area contributed by atoms with E-state index in [4.69, 9.17) is 0 Å². The van der Waals surface area contributed by atoms with Crippen molar-refractivity contribution in [1.82, 2.24) is 9.88 Å². The standard InChI is InChI=1S/C15H19FN2/c1-3-17-12(2)13-8-9-18(10-13)11-14-6-4-5-7-15(14)16/h4-10,12,17H,3,11H2,1-2H3. The highest BCUT2D eigenvalue weighted by atomic mass is 19.1. The Morgan fingerprint density at radius 1 is 1.28 bits per heavy atom. The van der Waals surface area contributed by atoms with Gasteiger partial charge in [0.25, 0.3) is 0 Å². The highest BCUT2D eigenvalue weighted by molar-refractivity contribution is 5.20. The van der Waals surface area contributed by atoms with E-state index in [1.54, 1.807) is 6.07 Å². The summed E-state index contributed by atoms with van der Waals surface area (Å²) in [4.78, 5) is 0. The van der Waals surface area contributed by atoms with Gasteiger partial charge in [-0.05, 0) is 31.2 Å². The first kappa shape index (κ1) is 12.8. The number of hydrogen-bond acceptors (Lipinski definition) is 1. The van der Waals surface area contributed by atoms with Crippen molar-refractivity contribution in [2.24, 2.45) is 0 Å². The lowest BCUT2D eigenvalue weighted by molar-refractivity contribution is 0.591. The first-order chi connectivity index (χ1) is 8.70. The van der Waals surface area contributed by atoms with E-state index in [2.05, 4.69) is 31.4 Å². The number of halogens is 1. The minimum Gasteiger partial charge on any atom is -0.349 e. The smallest absolute Gasteiger partial charge is 0.128 e. The van der Waals surface area contributed by atoms with E-state index in [9.17, 15) is 4.39 Å². The number of benzene rings is 1. The van der Waals surface area contributed by atoms with Gasteiger partial charge in [-0.1, -0.05) is 25.1 Å². The van der Waals surface area contributed by atoms with E-state index >= 15 is 0 Å². The van der Waals surface area contributed by atoms with E-state index in [1.165, 1.54) is 11.6 Å². The maximum Gasteiger partial charge on any atom is 0.128 e. The van der Waals surface area contributed by atoms with Gasteiger partial charge in [-0.2, -0.15) is 0 Å². The van der Waals surface area contributed by atoms with Crippen molar-refractivity contribution in [2.45, 2.75) is 26.4 Å². The lowest BCUT2D eigenvalue weighted by Gasteiger charge is -2.10. The SMILES string of the molecule is CCNC(C)c1ccn(Cc2ccccc2F)c1. The van der Waals surface area contributed by atoms with Crippen LogP contribution in [0, 0.1) is 5.82 Å². The lowest BCUT2D eigenvalue weighted by atomic mass is 10.2. The number of aromatic nitrogens is 1. The summed E-state index contributed by atoms with van der Waals surface area (Å²) in [6, 6.07) is 9.31. The molecule has 0 radical (unpaired) electrons. The minimum atomic E-state index is -0.146. The normalized spacial score (nSPS) is 12.6. The van der Waals surface area contributed by atoms with Crippen LogP contribution in [0.2, 0.25) is 0 Å². The van der Waals surface area contributed by atoms with Gasteiger partial charge >= 0.3 is 0 Å². The van der Waals surface area contributed by atoms with Crippen LogP contribution in [0.25, 0.3) is 0 Å². The molecule has 1 atom stereocenters. The fourth-order valence-corrected chi connectivity index (χ4v) is 2.06. The molecule has 2 rings (SSSR count). The van der Waals surface area contributed by atoms with Crippen LogP contribution in [0.5, 0.6) is 0 Å². The summed E-state index contributed by atoms with van der Waals surface area (Å²) in [5.74, 6) is -0.146.